The summed E-state index contributed by atoms with van der Waals surface area (Å²) in [5.41, 5.74) is 0.671. The molecule has 0 aliphatic carbocycles. The lowest BCUT2D eigenvalue weighted by molar-refractivity contribution is -0.145. The Kier molecular flexibility index (Phi) is 3.46. The largest absolute Gasteiger partial charge is 0.472 e. The van der Waals surface area contributed by atoms with Gasteiger partial charge in [0.25, 0.3) is 0 Å². The number of carbonyl (C=O) groups excluding carboxylic acids is 1. The predicted octanol–water partition coefficient (Wildman–Crippen LogP) is -0.531. The van der Waals surface area contributed by atoms with Crippen LogP contribution in [-0.4, -0.2) is 44.5 Å². The number of nitrogens with zero attached hydrogens (tertiary/aromatic N) is 4. The molecule has 0 spiro atoms. The van der Waals surface area contributed by atoms with E-state index < -0.39 is 5.97 Å². The van der Waals surface area contributed by atoms with Gasteiger partial charge in [-0.2, -0.15) is 0 Å². The number of hydrogen-bond donors (Lipinski definition) is 1. The Hall–Kier alpha value is -2.22. The van der Waals surface area contributed by atoms with Gasteiger partial charge in [-0.15, -0.1) is 5.10 Å². The molecule has 8 nitrogen and oxygen atoms in total. The minimum atomic E-state index is -0.518. The van der Waals surface area contributed by atoms with Crippen molar-refractivity contribution in [2.24, 2.45) is 0 Å². The van der Waals surface area contributed by atoms with E-state index >= 15 is 0 Å². The minimum Gasteiger partial charge on any atom is -0.472 e. The van der Waals surface area contributed by atoms with Crippen molar-refractivity contribution in [1.82, 2.24) is 20.2 Å². The first-order valence-electron chi connectivity index (χ1n) is 4.86. The molecule has 0 saturated heterocycles. The Labute approximate surface area is 95.8 Å². The molecule has 0 unspecified atom stereocenters. The number of ether oxygens (including phenoxy) is 1. The fourth-order valence-electron chi connectivity index (χ4n) is 1.24. The van der Waals surface area contributed by atoms with Crippen molar-refractivity contribution in [2.75, 3.05) is 13.2 Å². The molecule has 0 radical (unpaired) electrons. The fraction of sp³-hybridized carbons (Fsp3) is 0.333. The van der Waals surface area contributed by atoms with E-state index in [1.807, 2.05) is 0 Å². The van der Waals surface area contributed by atoms with E-state index in [-0.39, 0.29) is 19.8 Å². The van der Waals surface area contributed by atoms with Crippen LogP contribution in [0.2, 0.25) is 0 Å². The third-order valence-electron chi connectivity index (χ3n) is 1.94. The highest BCUT2D eigenvalue weighted by Gasteiger charge is 2.13. The first-order chi connectivity index (χ1) is 8.31. The summed E-state index contributed by atoms with van der Waals surface area (Å²) in [5.74, 6) is -0.101. The normalized spacial score (nSPS) is 10.4. The van der Waals surface area contributed by atoms with Gasteiger partial charge in [0.05, 0.1) is 18.4 Å². The van der Waals surface area contributed by atoms with Crippen LogP contribution in [0.15, 0.2) is 23.0 Å². The van der Waals surface area contributed by atoms with Gasteiger partial charge < -0.3 is 14.3 Å². The van der Waals surface area contributed by atoms with Crippen molar-refractivity contribution in [3.63, 3.8) is 0 Å². The highest BCUT2D eigenvalue weighted by molar-refractivity contribution is 5.70. The van der Waals surface area contributed by atoms with Gasteiger partial charge in [-0.25, -0.2) is 4.68 Å². The van der Waals surface area contributed by atoms with Crippen LogP contribution in [0.3, 0.4) is 0 Å². The van der Waals surface area contributed by atoms with Crippen molar-refractivity contribution >= 4 is 5.97 Å². The van der Waals surface area contributed by atoms with Gasteiger partial charge in [0, 0.05) is 0 Å². The second-order valence-corrected chi connectivity index (χ2v) is 3.12. The molecule has 2 aromatic heterocycles. The highest BCUT2D eigenvalue weighted by atomic mass is 16.5. The maximum Gasteiger partial charge on any atom is 0.328 e. The van der Waals surface area contributed by atoms with E-state index in [4.69, 9.17) is 14.3 Å². The highest BCUT2D eigenvalue weighted by Crippen LogP contribution is 2.15. The topological polar surface area (TPSA) is 103 Å². The van der Waals surface area contributed by atoms with Gasteiger partial charge in [0.15, 0.2) is 5.82 Å². The molecule has 1 N–H and O–H groups in total. The minimum absolute atomic E-state index is 0.0397. The van der Waals surface area contributed by atoms with Crippen LogP contribution in [0.1, 0.15) is 0 Å². The lowest BCUT2D eigenvalue weighted by Crippen LogP contribution is -2.17. The fourth-order valence-corrected chi connectivity index (χ4v) is 1.24. The van der Waals surface area contributed by atoms with Gasteiger partial charge in [0.2, 0.25) is 0 Å². The second-order valence-electron chi connectivity index (χ2n) is 3.12. The Morgan fingerprint density at radius 1 is 1.59 bits per heavy atom. The zero-order valence-electron chi connectivity index (χ0n) is 8.81. The molecule has 2 aromatic rings. The molecule has 0 bridgehead atoms. The summed E-state index contributed by atoms with van der Waals surface area (Å²) in [6.45, 7) is -0.370. The standard InChI is InChI=1S/C9H10N4O4/c14-2-4-17-8(15)5-13-9(10-11-12-13)7-1-3-16-6-7/h1,3,6,14H,2,4-5H2. The third kappa shape index (κ3) is 2.67. The molecule has 0 atom stereocenters. The van der Waals surface area contributed by atoms with Crippen LogP contribution in [0.5, 0.6) is 0 Å². The number of tetrazole rings is 1. The summed E-state index contributed by atoms with van der Waals surface area (Å²) in [4.78, 5) is 11.3. The molecule has 0 saturated carbocycles. The van der Waals surface area contributed by atoms with Crippen LogP contribution in [0.4, 0.5) is 0 Å². The van der Waals surface area contributed by atoms with Crippen molar-refractivity contribution < 1.29 is 19.1 Å². The number of carbonyl (C=O) groups is 1. The molecule has 2 heterocycles. The number of aliphatic hydroxyl groups is 1. The first-order valence-corrected chi connectivity index (χ1v) is 4.86. The summed E-state index contributed by atoms with van der Waals surface area (Å²) in [6, 6.07) is 1.68. The van der Waals surface area contributed by atoms with E-state index in [1.54, 1.807) is 6.07 Å². The van der Waals surface area contributed by atoms with Crippen molar-refractivity contribution in [2.45, 2.75) is 6.54 Å². The zero-order chi connectivity index (χ0) is 12.1. The predicted molar refractivity (Wildman–Crippen MR) is 53.6 cm³/mol. The summed E-state index contributed by atoms with van der Waals surface area (Å²) < 4.78 is 10.9. The molecule has 0 aliphatic rings. The number of aromatic nitrogens is 4. The lowest BCUT2D eigenvalue weighted by atomic mass is 10.3. The van der Waals surface area contributed by atoms with E-state index in [0.29, 0.717) is 11.4 Å². The van der Waals surface area contributed by atoms with Crippen molar-refractivity contribution in [3.8, 4) is 11.4 Å². The van der Waals surface area contributed by atoms with E-state index in [2.05, 4.69) is 15.5 Å². The third-order valence-corrected chi connectivity index (χ3v) is 1.94. The Balaban J connectivity index is 2.07. The smallest absolute Gasteiger partial charge is 0.328 e. The molecule has 0 fully saturated rings. The van der Waals surface area contributed by atoms with Crippen molar-refractivity contribution in [1.29, 1.82) is 0 Å². The summed E-state index contributed by atoms with van der Waals surface area (Å²) in [5, 5.41) is 19.4. The van der Waals surface area contributed by atoms with E-state index in [1.165, 1.54) is 17.2 Å². The number of hydrogen-bond acceptors (Lipinski definition) is 7. The Morgan fingerprint density at radius 2 is 2.47 bits per heavy atom. The Bertz CT molecular complexity index is 479. The summed E-state index contributed by atoms with van der Waals surface area (Å²) in [7, 11) is 0. The SMILES string of the molecule is O=C(Cn1nnnc1-c1ccoc1)OCCO. The van der Waals surface area contributed by atoms with Crippen LogP contribution < -0.4 is 0 Å². The van der Waals surface area contributed by atoms with Gasteiger partial charge in [-0.1, -0.05) is 0 Å². The van der Waals surface area contributed by atoms with Crippen molar-refractivity contribution in [3.05, 3.63) is 18.6 Å². The van der Waals surface area contributed by atoms with Crippen LogP contribution in [0, 0.1) is 0 Å². The summed E-state index contributed by atoms with van der Waals surface area (Å²) >= 11 is 0. The number of aliphatic hydroxyl groups excluding tert-OH is 1. The van der Waals surface area contributed by atoms with E-state index in [0.717, 1.165) is 0 Å². The molecule has 0 amide bonds. The molecule has 2 rings (SSSR count). The maximum atomic E-state index is 11.3. The van der Waals surface area contributed by atoms with Crippen LogP contribution in [-0.2, 0) is 16.1 Å². The summed E-state index contributed by atoms with van der Waals surface area (Å²) in [6.07, 6.45) is 2.96. The lowest BCUT2D eigenvalue weighted by Gasteiger charge is -2.03. The molecule has 90 valence electrons. The molecular weight excluding hydrogens is 228 g/mol. The number of esters is 1. The molecule has 0 aliphatic heterocycles. The van der Waals surface area contributed by atoms with Gasteiger partial charge >= 0.3 is 5.97 Å². The molecule has 8 heteroatoms. The molecular formula is C9H10N4O4. The number of furan rings is 1. The quantitative estimate of drug-likeness (QED) is 0.698. The maximum absolute atomic E-state index is 11.3. The van der Waals surface area contributed by atoms with E-state index in [9.17, 15) is 4.79 Å². The average Bonchev–Trinajstić information content (AvgIpc) is 2.95. The number of rotatable bonds is 5. The monoisotopic (exact) mass is 238 g/mol. The van der Waals surface area contributed by atoms with Gasteiger partial charge in [0.1, 0.15) is 19.4 Å². The van der Waals surface area contributed by atoms with Gasteiger partial charge in [-0.3, -0.25) is 4.79 Å². The van der Waals surface area contributed by atoms with Crippen LogP contribution >= 0.6 is 0 Å². The average molecular weight is 238 g/mol. The zero-order valence-corrected chi connectivity index (χ0v) is 8.81. The Morgan fingerprint density at radius 3 is 3.18 bits per heavy atom. The van der Waals surface area contributed by atoms with Gasteiger partial charge in [-0.05, 0) is 16.5 Å². The molecule has 17 heavy (non-hydrogen) atoms. The molecule has 0 aromatic carbocycles. The second kappa shape index (κ2) is 5.21. The first kappa shape index (κ1) is 11.3. The van der Waals surface area contributed by atoms with Crippen LogP contribution in [0.25, 0.3) is 11.4 Å².